The second-order valence-corrected chi connectivity index (χ2v) is 3.34. The SMILES string of the molecule is CCCNCc1nc(N(CC)CC)no1. The minimum absolute atomic E-state index is 0.655. The highest BCUT2D eigenvalue weighted by Crippen LogP contribution is 2.08. The van der Waals surface area contributed by atoms with Crippen molar-refractivity contribution in [1.82, 2.24) is 15.5 Å². The van der Waals surface area contributed by atoms with Gasteiger partial charge >= 0.3 is 0 Å². The van der Waals surface area contributed by atoms with E-state index in [0.29, 0.717) is 18.4 Å². The van der Waals surface area contributed by atoms with Gasteiger partial charge in [-0.2, -0.15) is 4.98 Å². The number of rotatable bonds is 7. The normalized spacial score (nSPS) is 10.6. The Kier molecular flexibility index (Phi) is 5.10. The lowest BCUT2D eigenvalue weighted by atomic mass is 10.5. The van der Waals surface area contributed by atoms with Gasteiger partial charge < -0.3 is 14.7 Å². The van der Waals surface area contributed by atoms with Crippen molar-refractivity contribution in [3.63, 3.8) is 0 Å². The minimum atomic E-state index is 0.655. The van der Waals surface area contributed by atoms with Gasteiger partial charge in [0.2, 0.25) is 5.89 Å². The number of hydrogen-bond donors (Lipinski definition) is 1. The lowest BCUT2D eigenvalue weighted by Gasteiger charge is -2.14. The summed E-state index contributed by atoms with van der Waals surface area (Å²) in [6, 6.07) is 0. The van der Waals surface area contributed by atoms with E-state index in [1.54, 1.807) is 0 Å². The van der Waals surface area contributed by atoms with E-state index < -0.39 is 0 Å². The Balaban J connectivity index is 2.47. The van der Waals surface area contributed by atoms with Gasteiger partial charge in [0.15, 0.2) is 0 Å². The van der Waals surface area contributed by atoms with Crippen LogP contribution < -0.4 is 10.2 Å². The quantitative estimate of drug-likeness (QED) is 0.693. The van der Waals surface area contributed by atoms with Crippen molar-refractivity contribution in [1.29, 1.82) is 0 Å². The largest absolute Gasteiger partial charge is 0.339 e. The van der Waals surface area contributed by atoms with Gasteiger partial charge in [-0.05, 0) is 32.0 Å². The van der Waals surface area contributed by atoms with E-state index in [0.717, 1.165) is 26.1 Å². The molecule has 0 bridgehead atoms. The summed E-state index contributed by atoms with van der Waals surface area (Å²) in [5, 5.41) is 7.16. The molecule has 0 aliphatic carbocycles. The molecule has 0 saturated heterocycles. The first-order valence-corrected chi connectivity index (χ1v) is 5.60. The third-order valence-electron chi connectivity index (χ3n) is 2.21. The summed E-state index contributed by atoms with van der Waals surface area (Å²) < 4.78 is 5.13. The number of nitrogens with zero attached hydrogens (tertiary/aromatic N) is 3. The summed E-state index contributed by atoms with van der Waals surface area (Å²) in [5.41, 5.74) is 0. The molecule has 0 atom stereocenters. The van der Waals surface area contributed by atoms with Crippen molar-refractivity contribution in [2.45, 2.75) is 33.7 Å². The Labute approximate surface area is 90.8 Å². The summed E-state index contributed by atoms with van der Waals surface area (Å²) in [5.74, 6) is 1.35. The molecule has 1 N–H and O–H groups in total. The van der Waals surface area contributed by atoms with Crippen molar-refractivity contribution >= 4 is 5.95 Å². The number of anilines is 1. The van der Waals surface area contributed by atoms with Crippen molar-refractivity contribution in [2.75, 3.05) is 24.5 Å². The fourth-order valence-corrected chi connectivity index (χ4v) is 1.32. The predicted octanol–water partition coefficient (Wildman–Crippen LogP) is 1.42. The topological polar surface area (TPSA) is 54.2 Å². The summed E-state index contributed by atoms with van der Waals surface area (Å²) >= 11 is 0. The molecule has 0 radical (unpaired) electrons. The van der Waals surface area contributed by atoms with Crippen LogP contribution in [0.1, 0.15) is 33.1 Å². The lowest BCUT2D eigenvalue weighted by molar-refractivity contribution is 0.367. The second-order valence-electron chi connectivity index (χ2n) is 3.34. The highest BCUT2D eigenvalue weighted by Gasteiger charge is 2.10. The molecule has 1 aromatic heterocycles. The van der Waals surface area contributed by atoms with Gasteiger partial charge in [0.05, 0.1) is 6.54 Å². The zero-order valence-electron chi connectivity index (χ0n) is 9.79. The van der Waals surface area contributed by atoms with Crippen LogP contribution in [0.15, 0.2) is 4.52 Å². The van der Waals surface area contributed by atoms with Gasteiger partial charge in [0.1, 0.15) is 0 Å². The maximum absolute atomic E-state index is 5.13. The standard InChI is InChI=1S/C10H20N4O/c1-4-7-11-8-9-12-10(13-15-9)14(5-2)6-3/h11H,4-8H2,1-3H3. The second kappa shape index (κ2) is 6.40. The first kappa shape index (κ1) is 12.0. The first-order valence-electron chi connectivity index (χ1n) is 5.60. The van der Waals surface area contributed by atoms with E-state index in [4.69, 9.17) is 4.52 Å². The average molecular weight is 212 g/mol. The van der Waals surface area contributed by atoms with E-state index in [-0.39, 0.29) is 0 Å². The van der Waals surface area contributed by atoms with Crippen LogP contribution in [0.5, 0.6) is 0 Å². The van der Waals surface area contributed by atoms with Gasteiger partial charge in [0.25, 0.3) is 5.95 Å². The third-order valence-corrected chi connectivity index (χ3v) is 2.21. The summed E-state index contributed by atoms with van der Waals surface area (Å²) in [6.45, 7) is 9.71. The molecule has 5 nitrogen and oxygen atoms in total. The zero-order valence-corrected chi connectivity index (χ0v) is 9.79. The zero-order chi connectivity index (χ0) is 11.1. The van der Waals surface area contributed by atoms with Crippen molar-refractivity contribution in [3.05, 3.63) is 5.89 Å². The van der Waals surface area contributed by atoms with Crippen molar-refractivity contribution < 1.29 is 4.52 Å². The molecule has 0 fully saturated rings. The van der Waals surface area contributed by atoms with Crippen LogP contribution in [0.4, 0.5) is 5.95 Å². The molecule has 1 rings (SSSR count). The monoisotopic (exact) mass is 212 g/mol. The molecule has 0 aromatic carbocycles. The maximum atomic E-state index is 5.13. The van der Waals surface area contributed by atoms with Gasteiger partial charge in [0, 0.05) is 13.1 Å². The van der Waals surface area contributed by atoms with Crippen LogP contribution in [-0.4, -0.2) is 29.8 Å². The van der Waals surface area contributed by atoms with Crippen molar-refractivity contribution in [3.8, 4) is 0 Å². The molecular formula is C10H20N4O. The van der Waals surface area contributed by atoms with E-state index in [2.05, 4.69) is 41.1 Å². The molecule has 5 heteroatoms. The Hall–Kier alpha value is -1.10. The third kappa shape index (κ3) is 3.51. The van der Waals surface area contributed by atoms with Gasteiger partial charge in [-0.25, -0.2) is 0 Å². The van der Waals surface area contributed by atoms with E-state index in [1.165, 1.54) is 0 Å². The molecule has 1 aromatic rings. The number of aromatic nitrogens is 2. The summed E-state index contributed by atoms with van der Waals surface area (Å²) in [6.07, 6.45) is 1.11. The van der Waals surface area contributed by atoms with Crippen LogP contribution in [0.3, 0.4) is 0 Å². The highest BCUT2D eigenvalue weighted by atomic mass is 16.5. The van der Waals surface area contributed by atoms with Gasteiger partial charge in [-0.1, -0.05) is 6.92 Å². The average Bonchev–Trinajstić information content (AvgIpc) is 2.69. The number of nitrogens with one attached hydrogen (secondary N) is 1. The molecule has 0 amide bonds. The Morgan fingerprint density at radius 2 is 2.00 bits per heavy atom. The van der Waals surface area contributed by atoms with E-state index in [1.807, 2.05) is 0 Å². The summed E-state index contributed by atoms with van der Waals surface area (Å²) in [7, 11) is 0. The van der Waals surface area contributed by atoms with Crippen LogP contribution in [0.2, 0.25) is 0 Å². The Morgan fingerprint density at radius 1 is 1.27 bits per heavy atom. The minimum Gasteiger partial charge on any atom is -0.339 e. The van der Waals surface area contributed by atoms with Crippen LogP contribution in [-0.2, 0) is 6.54 Å². The fourth-order valence-electron chi connectivity index (χ4n) is 1.32. The van der Waals surface area contributed by atoms with E-state index >= 15 is 0 Å². The van der Waals surface area contributed by atoms with Crippen LogP contribution in [0.25, 0.3) is 0 Å². The molecule has 0 aliphatic rings. The van der Waals surface area contributed by atoms with Crippen LogP contribution >= 0.6 is 0 Å². The van der Waals surface area contributed by atoms with Crippen molar-refractivity contribution in [2.24, 2.45) is 0 Å². The Bertz CT molecular complexity index is 270. The Morgan fingerprint density at radius 3 is 2.60 bits per heavy atom. The van der Waals surface area contributed by atoms with Gasteiger partial charge in [-0.15, -0.1) is 0 Å². The molecule has 15 heavy (non-hydrogen) atoms. The fraction of sp³-hybridized carbons (Fsp3) is 0.800. The first-order chi connectivity index (χ1) is 7.31. The van der Waals surface area contributed by atoms with E-state index in [9.17, 15) is 0 Å². The highest BCUT2D eigenvalue weighted by molar-refractivity contribution is 5.26. The lowest BCUT2D eigenvalue weighted by Crippen LogP contribution is -2.23. The van der Waals surface area contributed by atoms with Crippen LogP contribution in [0, 0.1) is 0 Å². The smallest absolute Gasteiger partial charge is 0.266 e. The molecule has 0 unspecified atom stereocenters. The number of hydrogen-bond acceptors (Lipinski definition) is 5. The molecule has 1 heterocycles. The molecular weight excluding hydrogens is 192 g/mol. The predicted molar refractivity (Wildman–Crippen MR) is 59.9 cm³/mol. The molecule has 86 valence electrons. The van der Waals surface area contributed by atoms with Gasteiger partial charge in [-0.3, -0.25) is 0 Å². The molecule has 0 aliphatic heterocycles. The molecule has 0 spiro atoms. The summed E-state index contributed by atoms with van der Waals surface area (Å²) in [4.78, 5) is 6.37. The molecule has 0 saturated carbocycles. The maximum Gasteiger partial charge on any atom is 0.266 e.